The highest BCUT2D eigenvalue weighted by Gasteiger charge is 2.17. The highest BCUT2D eigenvalue weighted by molar-refractivity contribution is 7.94. The summed E-state index contributed by atoms with van der Waals surface area (Å²) in [7, 11) is 2.14. The van der Waals surface area contributed by atoms with Crippen molar-refractivity contribution in [1.29, 1.82) is 0 Å². The van der Waals surface area contributed by atoms with Gasteiger partial charge in [0.15, 0.2) is 9.84 Å². The Balaban J connectivity index is -0.000000262. The molecule has 7 nitrogen and oxygen atoms in total. The number of hydrogen-bond donors (Lipinski definition) is 2. The van der Waals surface area contributed by atoms with Crippen LogP contribution in [0, 0.1) is 11.8 Å². The first-order valence-electron chi connectivity index (χ1n) is 16.5. The summed E-state index contributed by atoms with van der Waals surface area (Å²) in [5.74, 6) is 0.816. The van der Waals surface area contributed by atoms with Gasteiger partial charge in [0.25, 0.3) is 0 Å². The number of nitrogens with zero attached hydrogens (tertiary/aromatic N) is 2. The number of likely N-dealkylation sites (N-methyl/N-ethyl adjacent to an activating group) is 1. The SMILES string of the molecule is C/C=C\C(C)=C(/C(C)C)S(C)(=O)=O.CCC.CCCC(CC)COCCN1CCCN(C)CC1.CCCCNC.CO. The van der Waals surface area contributed by atoms with Crippen LogP contribution in [0.25, 0.3) is 0 Å². The van der Waals surface area contributed by atoms with Crippen LogP contribution in [0.2, 0.25) is 0 Å². The first-order valence-corrected chi connectivity index (χ1v) is 18.4. The second-order valence-corrected chi connectivity index (χ2v) is 13.3. The molecule has 0 radical (unpaired) electrons. The van der Waals surface area contributed by atoms with Crippen molar-refractivity contribution in [3.63, 3.8) is 0 Å². The molecule has 0 aromatic rings. The second-order valence-electron chi connectivity index (χ2n) is 11.3. The number of unbranched alkanes of at least 4 members (excludes halogenated alkanes) is 1. The lowest BCUT2D eigenvalue weighted by atomic mass is 10.0. The van der Waals surface area contributed by atoms with E-state index in [4.69, 9.17) is 9.84 Å². The van der Waals surface area contributed by atoms with Crippen LogP contribution in [-0.2, 0) is 14.6 Å². The maximum absolute atomic E-state index is 11.4. The van der Waals surface area contributed by atoms with Gasteiger partial charge in [0.1, 0.15) is 0 Å². The van der Waals surface area contributed by atoms with Gasteiger partial charge in [-0.2, -0.15) is 0 Å². The molecule has 0 amide bonds. The molecular weight excluding hydrogens is 546 g/mol. The largest absolute Gasteiger partial charge is 0.400 e. The molecule has 1 saturated heterocycles. The quantitative estimate of drug-likeness (QED) is 0.159. The van der Waals surface area contributed by atoms with Crippen LogP contribution in [0.15, 0.2) is 22.6 Å². The summed E-state index contributed by atoms with van der Waals surface area (Å²) < 4.78 is 28.6. The summed E-state index contributed by atoms with van der Waals surface area (Å²) in [6.07, 6.45) is 13.9. The van der Waals surface area contributed by atoms with Crippen molar-refractivity contribution in [2.75, 3.05) is 79.9 Å². The molecule has 1 unspecified atom stereocenters. The van der Waals surface area contributed by atoms with Gasteiger partial charge in [-0.1, -0.05) is 86.3 Å². The first kappa shape index (κ1) is 48.1. The minimum atomic E-state index is -3.06. The number of allylic oxidation sites excluding steroid dienone is 4. The zero-order valence-corrected chi connectivity index (χ0v) is 31.2. The number of aliphatic hydroxyl groups excluding tert-OH is 1. The summed E-state index contributed by atoms with van der Waals surface area (Å²) in [4.78, 5) is 5.50. The fourth-order valence-corrected chi connectivity index (χ4v) is 5.95. The summed E-state index contributed by atoms with van der Waals surface area (Å²) >= 11 is 0. The third kappa shape index (κ3) is 32.2. The molecular formula is C34H75N3O4S. The van der Waals surface area contributed by atoms with Gasteiger partial charge in [-0.05, 0) is 84.2 Å². The molecule has 1 atom stereocenters. The average Bonchev–Trinajstić information content (AvgIpc) is 3.14. The Morgan fingerprint density at radius 3 is 2.02 bits per heavy atom. The standard InChI is InChI=1S/C15H32N2O.C10H18O2S.C5H13N.C3H8.CH4O/c1-4-7-15(5-2)14-18-13-12-17-9-6-8-16(3)10-11-17;1-6-7-9(4)10(8(2)3)13(5,11)12;1-3-4-5-6-2;1-3-2;1-2/h15H,4-14H2,1-3H3;6-8H,1-5H3;6H,3-5H2,1-2H3;3H2,1-2H3;2H,1H3/b;7-6-,10-9+;;;. The van der Waals surface area contributed by atoms with Crippen molar-refractivity contribution in [3.8, 4) is 0 Å². The Morgan fingerprint density at radius 2 is 1.62 bits per heavy atom. The Kier molecular flexibility index (Phi) is 39.8. The van der Waals surface area contributed by atoms with Crippen LogP contribution in [-0.4, -0.2) is 103 Å². The van der Waals surface area contributed by atoms with Crippen molar-refractivity contribution < 1.29 is 18.3 Å². The number of aliphatic hydroxyl groups is 1. The Morgan fingerprint density at radius 1 is 1.02 bits per heavy atom. The Bertz CT molecular complexity index is 706. The van der Waals surface area contributed by atoms with E-state index in [-0.39, 0.29) is 5.92 Å². The molecule has 256 valence electrons. The molecule has 0 aliphatic carbocycles. The molecule has 0 aromatic heterocycles. The zero-order chi connectivity index (χ0) is 33.4. The number of hydrogen-bond acceptors (Lipinski definition) is 7. The van der Waals surface area contributed by atoms with Gasteiger partial charge in [0, 0.05) is 44.5 Å². The molecule has 1 fully saturated rings. The topological polar surface area (TPSA) is 82.1 Å². The van der Waals surface area contributed by atoms with E-state index in [2.05, 4.69) is 56.8 Å². The third-order valence-corrected chi connectivity index (χ3v) is 8.09. The van der Waals surface area contributed by atoms with Gasteiger partial charge < -0.3 is 20.1 Å². The van der Waals surface area contributed by atoms with Gasteiger partial charge in [-0.25, -0.2) is 8.42 Å². The van der Waals surface area contributed by atoms with Crippen LogP contribution in [0.4, 0.5) is 0 Å². The predicted octanol–water partition coefficient (Wildman–Crippen LogP) is 7.03. The van der Waals surface area contributed by atoms with Crippen molar-refractivity contribution in [2.45, 2.75) is 107 Å². The highest BCUT2D eigenvalue weighted by atomic mass is 32.2. The van der Waals surface area contributed by atoms with Crippen LogP contribution < -0.4 is 5.32 Å². The fraction of sp³-hybridized carbons (Fsp3) is 0.882. The maximum Gasteiger partial charge on any atom is 0.172 e. The minimum absolute atomic E-state index is 0.0474. The number of nitrogens with one attached hydrogen (secondary N) is 1. The van der Waals surface area contributed by atoms with Crippen LogP contribution in [0.3, 0.4) is 0 Å². The van der Waals surface area contributed by atoms with Gasteiger partial charge in [-0.3, -0.25) is 4.90 Å². The van der Waals surface area contributed by atoms with Gasteiger partial charge in [-0.15, -0.1) is 0 Å². The lowest BCUT2D eigenvalue weighted by Crippen LogP contribution is -2.32. The molecule has 42 heavy (non-hydrogen) atoms. The smallest absolute Gasteiger partial charge is 0.172 e. The summed E-state index contributed by atoms with van der Waals surface area (Å²) in [6.45, 7) is 27.5. The molecule has 0 spiro atoms. The average molecular weight is 622 g/mol. The third-order valence-electron chi connectivity index (χ3n) is 6.50. The van der Waals surface area contributed by atoms with Crippen LogP contribution in [0.1, 0.15) is 107 Å². The molecule has 0 bridgehead atoms. The Hall–Kier alpha value is -0.770. The van der Waals surface area contributed by atoms with Gasteiger partial charge in [0.2, 0.25) is 0 Å². The van der Waals surface area contributed by atoms with E-state index in [0.29, 0.717) is 4.91 Å². The van der Waals surface area contributed by atoms with Crippen molar-refractivity contribution in [2.24, 2.45) is 11.8 Å². The first-order chi connectivity index (χ1) is 19.9. The molecule has 8 heteroatoms. The van der Waals surface area contributed by atoms with Gasteiger partial charge in [0.05, 0.1) is 6.61 Å². The summed E-state index contributed by atoms with van der Waals surface area (Å²) in [5, 5.41) is 10.1. The minimum Gasteiger partial charge on any atom is -0.400 e. The van der Waals surface area contributed by atoms with E-state index in [1.54, 1.807) is 0 Å². The molecule has 1 rings (SSSR count). The predicted molar refractivity (Wildman–Crippen MR) is 188 cm³/mol. The monoisotopic (exact) mass is 622 g/mol. The maximum atomic E-state index is 11.4. The Labute approximate surface area is 264 Å². The van der Waals surface area contributed by atoms with E-state index in [9.17, 15) is 8.42 Å². The lowest BCUT2D eigenvalue weighted by Gasteiger charge is -2.21. The van der Waals surface area contributed by atoms with E-state index in [0.717, 1.165) is 44.9 Å². The van der Waals surface area contributed by atoms with E-state index in [1.807, 2.05) is 46.9 Å². The molecule has 0 saturated carbocycles. The van der Waals surface area contributed by atoms with E-state index in [1.165, 1.54) is 77.4 Å². The summed E-state index contributed by atoms with van der Waals surface area (Å²) in [5.41, 5.74) is 0.833. The van der Waals surface area contributed by atoms with Crippen molar-refractivity contribution in [3.05, 3.63) is 22.6 Å². The molecule has 0 aromatic carbocycles. The molecule has 2 N–H and O–H groups in total. The second kappa shape index (κ2) is 34.7. The van der Waals surface area contributed by atoms with Crippen LogP contribution >= 0.6 is 0 Å². The normalized spacial score (nSPS) is 15.5. The van der Waals surface area contributed by atoms with Crippen LogP contribution in [0.5, 0.6) is 0 Å². The molecule has 1 aliphatic heterocycles. The lowest BCUT2D eigenvalue weighted by molar-refractivity contribution is 0.0747. The zero-order valence-electron chi connectivity index (χ0n) is 30.4. The van der Waals surface area contributed by atoms with E-state index >= 15 is 0 Å². The number of ether oxygens (including phenoxy) is 1. The summed E-state index contributed by atoms with van der Waals surface area (Å²) in [6, 6.07) is 0. The van der Waals surface area contributed by atoms with Crippen molar-refractivity contribution >= 4 is 9.84 Å². The van der Waals surface area contributed by atoms with Crippen molar-refractivity contribution in [1.82, 2.24) is 15.1 Å². The molecule has 1 heterocycles. The highest BCUT2D eigenvalue weighted by Crippen LogP contribution is 2.21. The number of sulfone groups is 1. The number of rotatable bonds is 14. The molecule has 1 aliphatic rings. The fourth-order valence-electron chi connectivity index (χ4n) is 4.44. The van der Waals surface area contributed by atoms with Gasteiger partial charge >= 0.3 is 0 Å². The van der Waals surface area contributed by atoms with E-state index < -0.39 is 9.84 Å².